The van der Waals surface area contributed by atoms with Gasteiger partial charge in [-0.1, -0.05) is 31.2 Å². The highest BCUT2D eigenvalue weighted by Gasteiger charge is 2.07. The van der Waals surface area contributed by atoms with Crippen LogP contribution in [0.2, 0.25) is 0 Å². The van der Waals surface area contributed by atoms with Crippen molar-refractivity contribution in [2.75, 3.05) is 13.2 Å². The van der Waals surface area contributed by atoms with Crippen LogP contribution in [0.5, 0.6) is 11.5 Å². The largest absolute Gasteiger partial charge is 0.491 e. The van der Waals surface area contributed by atoms with Crippen LogP contribution in [0.1, 0.15) is 18.1 Å². The van der Waals surface area contributed by atoms with Gasteiger partial charge in [0.15, 0.2) is 0 Å². The van der Waals surface area contributed by atoms with Crippen LogP contribution >= 0.6 is 0 Å². The molecule has 0 aliphatic rings. The minimum Gasteiger partial charge on any atom is -0.491 e. The van der Waals surface area contributed by atoms with Crippen molar-refractivity contribution >= 4 is 0 Å². The van der Waals surface area contributed by atoms with E-state index in [9.17, 15) is 5.11 Å². The summed E-state index contributed by atoms with van der Waals surface area (Å²) in [6, 6.07) is 17.2. The van der Waals surface area contributed by atoms with E-state index in [0.717, 1.165) is 17.7 Å². The molecule has 0 radical (unpaired) electrons. The summed E-state index contributed by atoms with van der Waals surface area (Å²) in [5.41, 5.74) is 2.14. The molecule has 2 aromatic rings. The number of ether oxygens (including phenoxy) is 2. The van der Waals surface area contributed by atoms with Crippen molar-refractivity contribution in [3.8, 4) is 17.6 Å². The SMILES string of the molecule is CCc1cccc(OCC(O)COc2ccc(CC#N)cc2)c1. The molecular weight excluding hydrogens is 290 g/mol. The number of aliphatic hydroxyl groups is 1. The van der Waals surface area contributed by atoms with Gasteiger partial charge in [0, 0.05) is 0 Å². The first-order valence-corrected chi connectivity index (χ1v) is 7.69. The average Bonchev–Trinajstić information content (AvgIpc) is 2.60. The molecule has 1 unspecified atom stereocenters. The number of hydrogen-bond acceptors (Lipinski definition) is 4. The van der Waals surface area contributed by atoms with Crippen LogP contribution in [0.15, 0.2) is 48.5 Å². The number of aliphatic hydroxyl groups excluding tert-OH is 1. The normalized spacial score (nSPS) is 11.5. The van der Waals surface area contributed by atoms with Crippen molar-refractivity contribution in [2.45, 2.75) is 25.9 Å². The van der Waals surface area contributed by atoms with Crippen molar-refractivity contribution in [1.29, 1.82) is 5.26 Å². The topological polar surface area (TPSA) is 62.5 Å². The molecule has 23 heavy (non-hydrogen) atoms. The fourth-order valence-corrected chi connectivity index (χ4v) is 2.08. The van der Waals surface area contributed by atoms with E-state index in [4.69, 9.17) is 14.7 Å². The second-order valence-electron chi connectivity index (χ2n) is 5.26. The molecule has 0 amide bonds. The molecule has 0 spiro atoms. The third kappa shape index (κ3) is 5.65. The Morgan fingerprint density at radius 3 is 2.35 bits per heavy atom. The smallest absolute Gasteiger partial charge is 0.122 e. The Kier molecular flexibility index (Phi) is 6.46. The molecule has 0 aliphatic heterocycles. The molecule has 0 aromatic heterocycles. The Labute approximate surface area is 136 Å². The van der Waals surface area contributed by atoms with Gasteiger partial charge in [-0.25, -0.2) is 0 Å². The average molecular weight is 311 g/mol. The second kappa shape index (κ2) is 8.82. The van der Waals surface area contributed by atoms with Gasteiger partial charge >= 0.3 is 0 Å². The lowest BCUT2D eigenvalue weighted by molar-refractivity contribution is 0.0626. The molecule has 1 atom stereocenters. The summed E-state index contributed by atoms with van der Waals surface area (Å²) in [4.78, 5) is 0. The summed E-state index contributed by atoms with van der Waals surface area (Å²) in [5.74, 6) is 1.42. The minimum atomic E-state index is -0.709. The van der Waals surface area contributed by atoms with Crippen molar-refractivity contribution in [1.82, 2.24) is 0 Å². The molecule has 0 fully saturated rings. The van der Waals surface area contributed by atoms with E-state index in [-0.39, 0.29) is 13.2 Å². The van der Waals surface area contributed by atoms with E-state index in [1.54, 1.807) is 12.1 Å². The van der Waals surface area contributed by atoms with E-state index in [1.165, 1.54) is 5.56 Å². The predicted octanol–water partition coefficient (Wildman–Crippen LogP) is 3.13. The van der Waals surface area contributed by atoms with Crippen molar-refractivity contribution in [3.63, 3.8) is 0 Å². The Morgan fingerprint density at radius 1 is 1.00 bits per heavy atom. The molecule has 0 bridgehead atoms. The highest BCUT2D eigenvalue weighted by atomic mass is 16.5. The van der Waals surface area contributed by atoms with Gasteiger partial charge in [0.1, 0.15) is 30.8 Å². The van der Waals surface area contributed by atoms with Crippen LogP contribution in [-0.4, -0.2) is 24.4 Å². The zero-order valence-electron chi connectivity index (χ0n) is 13.2. The lowest BCUT2D eigenvalue weighted by Crippen LogP contribution is -2.25. The molecule has 1 N–H and O–H groups in total. The second-order valence-corrected chi connectivity index (χ2v) is 5.26. The summed E-state index contributed by atoms with van der Waals surface area (Å²) in [5, 5.41) is 18.6. The zero-order valence-corrected chi connectivity index (χ0v) is 13.2. The Hall–Kier alpha value is -2.51. The highest BCUT2D eigenvalue weighted by Crippen LogP contribution is 2.15. The summed E-state index contributed by atoms with van der Waals surface area (Å²) in [6.07, 6.45) is 0.622. The van der Waals surface area contributed by atoms with Crippen LogP contribution in [0.3, 0.4) is 0 Å². The quantitative estimate of drug-likeness (QED) is 0.813. The van der Waals surface area contributed by atoms with Crippen molar-refractivity contribution < 1.29 is 14.6 Å². The lowest BCUT2D eigenvalue weighted by Gasteiger charge is -2.14. The van der Waals surface area contributed by atoms with Gasteiger partial charge in [-0.2, -0.15) is 5.26 Å². The molecule has 120 valence electrons. The molecule has 4 nitrogen and oxygen atoms in total. The number of benzene rings is 2. The maximum absolute atomic E-state index is 9.94. The Bertz CT molecular complexity index is 646. The van der Waals surface area contributed by atoms with Gasteiger partial charge in [0.25, 0.3) is 0 Å². The first-order chi connectivity index (χ1) is 11.2. The molecule has 0 saturated heterocycles. The predicted molar refractivity (Wildman–Crippen MR) is 88.6 cm³/mol. The van der Waals surface area contributed by atoms with Gasteiger partial charge in [-0.05, 0) is 41.8 Å². The Morgan fingerprint density at radius 2 is 1.70 bits per heavy atom. The number of nitrogens with zero attached hydrogens (tertiary/aromatic N) is 1. The third-order valence-corrected chi connectivity index (χ3v) is 3.40. The highest BCUT2D eigenvalue weighted by molar-refractivity contribution is 5.29. The minimum absolute atomic E-state index is 0.158. The van der Waals surface area contributed by atoms with E-state index in [2.05, 4.69) is 13.0 Å². The van der Waals surface area contributed by atoms with Gasteiger partial charge in [-0.15, -0.1) is 0 Å². The molecule has 2 aromatic carbocycles. The summed E-state index contributed by atoms with van der Waals surface area (Å²) >= 11 is 0. The van der Waals surface area contributed by atoms with Crippen LogP contribution in [0.25, 0.3) is 0 Å². The van der Waals surface area contributed by atoms with Gasteiger partial charge in [0.2, 0.25) is 0 Å². The van der Waals surface area contributed by atoms with Gasteiger partial charge in [-0.3, -0.25) is 0 Å². The number of nitriles is 1. The summed E-state index contributed by atoms with van der Waals surface area (Å²) in [7, 11) is 0. The summed E-state index contributed by atoms with van der Waals surface area (Å²) in [6.45, 7) is 2.43. The van der Waals surface area contributed by atoms with Crippen LogP contribution in [0, 0.1) is 11.3 Å². The molecular formula is C19H21NO3. The third-order valence-electron chi connectivity index (χ3n) is 3.40. The van der Waals surface area contributed by atoms with Crippen molar-refractivity contribution in [3.05, 3.63) is 59.7 Å². The van der Waals surface area contributed by atoms with E-state index in [1.807, 2.05) is 36.4 Å². The number of aryl methyl sites for hydroxylation is 1. The first kappa shape index (κ1) is 16.9. The maximum Gasteiger partial charge on any atom is 0.122 e. The summed E-state index contributed by atoms with van der Waals surface area (Å²) < 4.78 is 11.1. The van der Waals surface area contributed by atoms with Crippen molar-refractivity contribution in [2.24, 2.45) is 0 Å². The number of hydrogen-bond donors (Lipinski definition) is 1. The fourth-order valence-electron chi connectivity index (χ4n) is 2.08. The van der Waals surface area contributed by atoms with E-state index in [0.29, 0.717) is 12.2 Å². The molecule has 0 aliphatic carbocycles. The van der Waals surface area contributed by atoms with Gasteiger partial charge < -0.3 is 14.6 Å². The standard InChI is InChI=1S/C19H21NO3/c1-2-15-4-3-5-19(12-15)23-14-17(21)13-22-18-8-6-16(7-9-18)10-11-20/h3-9,12,17,21H,2,10,13-14H2,1H3. The fraction of sp³-hybridized carbons (Fsp3) is 0.316. The van der Waals surface area contributed by atoms with Crippen LogP contribution < -0.4 is 9.47 Å². The molecule has 4 heteroatoms. The zero-order chi connectivity index (χ0) is 16.5. The first-order valence-electron chi connectivity index (χ1n) is 7.69. The number of rotatable bonds is 8. The van der Waals surface area contributed by atoms with Gasteiger partial charge in [0.05, 0.1) is 12.5 Å². The van der Waals surface area contributed by atoms with E-state index >= 15 is 0 Å². The maximum atomic E-state index is 9.94. The Balaban J connectivity index is 1.76. The molecule has 0 heterocycles. The lowest BCUT2D eigenvalue weighted by atomic mass is 10.2. The molecule has 2 rings (SSSR count). The van der Waals surface area contributed by atoms with Crippen LogP contribution in [-0.2, 0) is 12.8 Å². The van der Waals surface area contributed by atoms with Crippen LogP contribution in [0.4, 0.5) is 0 Å². The van der Waals surface area contributed by atoms with E-state index < -0.39 is 6.10 Å². The molecule has 0 saturated carbocycles. The monoisotopic (exact) mass is 311 g/mol.